The predicted molar refractivity (Wildman–Crippen MR) is 77.7 cm³/mol. The summed E-state index contributed by atoms with van der Waals surface area (Å²) in [4.78, 5) is 5.45. The molecule has 102 valence electrons. The van der Waals surface area contributed by atoms with E-state index in [9.17, 15) is 5.11 Å². The quantitative estimate of drug-likeness (QED) is 0.911. The maximum atomic E-state index is 9.26. The number of aryl methyl sites for hydroxylation is 2. The van der Waals surface area contributed by atoms with E-state index in [0.29, 0.717) is 6.61 Å². The Morgan fingerprint density at radius 2 is 2.11 bits per heavy atom. The van der Waals surface area contributed by atoms with Gasteiger partial charge < -0.3 is 9.84 Å². The second-order valence-electron chi connectivity index (χ2n) is 4.48. The highest BCUT2D eigenvalue weighted by Gasteiger charge is 2.10. The molecule has 0 atom stereocenters. The van der Waals surface area contributed by atoms with Crippen molar-refractivity contribution < 1.29 is 9.84 Å². The van der Waals surface area contributed by atoms with Crippen molar-refractivity contribution in [3.63, 3.8) is 0 Å². The number of aromatic nitrogens is 1. The average molecular weight is 277 g/mol. The van der Waals surface area contributed by atoms with Crippen LogP contribution in [0, 0.1) is 13.8 Å². The van der Waals surface area contributed by atoms with Crippen molar-refractivity contribution in [3.8, 4) is 5.75 Å². The lowest BCUT2D eigenvalue weighted by molar-refractivity contribution is 0.284. The molecule has 0 radical (unpaired) electrons. The second kappa shape index (κ2) is 6.17. The number of aliphatic hydroxyl groups excluding tert-OH is 1. The first kappa shape index (κ1) is 14.0. The number of thiazole rings is 1. The molecule has 1 aromatic carbocycles. The van der Waals surface area contributed by atoms with Crippen molar-refractivity contribution in [1.82, 2.24) is 4.98 Å². The van der Waals surface area contributed by atoms with Gasteiger partial charge in [-0.3, -0.25) is 0 Å². The van der Waals surface area contributed by atoms with E-state index < -0.39 is 0 Å². The highest BCUT2D eigenvalue weighted by molar-refractivity contribution is 7.11. The van der Waals surface area contributed by atoms with E-state index in [1.54, 1.807) is 0 Å². The lowest BCUT2D eigenvalue weighted by Crippen LogP contribution is -1.97. The molecular weight excluding hydrogens is 258 g/mol. The van der Waals surface area contributed by atoms with E-state index in [-0.39, 0.29) is 6.61 Å². The molecule has 0 amide bonds. The third-order valence-electron chi connectivity index (χ3n) is 3.21. The number of hydrogen-bond donors (Lipinski definition) is 1. The summed E-state index contributed by atoms with van der Waals surface area (Å²) in [5, 5.41) is 10.2. The minimum Gasteiger partial charge on any atom is -0.486 e. The van der Waals surface area contributed by atoms with Crippen molar-refractivity contribution in [2.45, 2.75) is 40.4 Å². The van der Waals surface area contributed by atoms with Gasteiger partial charge in [-0.05, 0) is 37.5 Å². The van der Waals surface area contributed by atoms with Crippen molar-refractivity contribution in [1.29, 1.82) is 0 Å². The molecule has 19 heavy (non-hydrogen) atoms. The van der Waals surface area contributed by atoms with Gasteiger partial charge in [0.05, 0.1) is 17.2 Å². The van der Waals surface area contributed by atoms with E-state index in [0.717, 1.165) is 33.3 Å². The molecule has 4 heteroatoms. The van der Waals surface area contributed by atoms with Crippen LogP contribution in [0.15, 0.2) is 18.2 Å². The largest absolute Gasteiger partial charge is 0.486 e. The average Bonchev–Trinajstić information content (AvgIpc) is 2.83. The molecule has 2 aromatic rings. The Hall–Kier alpha value is -1.39. The van der Waals surface area contributed by atoms with Gasteiger partial charge in [-0.1, -0.05) is 19.1 Å². The molecule has 0 bridgehead atoms. The van der Waals surface area contributed by atoms with Crippen molar-refractivity contribution in [2.75, 3.05) is 0 Å². The van der Waals surface area contributed by atoms with Crippen LogP contribution in [0.1, 0.15) is 33.6 Å². The molecule has 0 aliphatic heterocycles. The Bertz CT molecular complexity index is 542. The van der Waals surface area contributed by atoms with Crippen molar-refractivity contribution >= 4 is 11.3 Å². The fourth-order valence-electron chi connectivity index (χ4n) is 1.92. The van der Waals surface area contributed by atoms with Crippen LogP contribution in [0.4, 0.5) is 0 Å². The SMILES string of the molecule is CCc1nc(COc2cccc(C)c2C)sc1CO. The normalized spacial score (nSPS) is 10.7. The van der Waals surface area contributed by atoms with Gasteiger partial charge in [0.2, 0.25) is 0 Å². The summed E-state index contributed by atoms with van der Waals surface area (Å²) in [5.41, 5.74) is 3.37. The van der Waals surface area contributed by atoms with Crippen LogP contribution < -0.4 is 4.74 Å². The Balaban J connectivity index is 2.10. The van der Waals surface area contributed by atoms with Gasteiger partial charge in [-0.2, -0.15) is 0 Å². The number of ether oxygens (including phenoxy) is 1. The third-order valence-corrected chi connectivity index (χ3v) is 4.26. The summed E-state index contributed by atoms with van der Waals surface area (Å²) in [6, 6.07) is 6.05. The summed E-state index contributed by atoms with van der Waals surface area (Å²) in [5.74, 6) is 0.902. The van der Waals surface area contributed by atoms with Crippen LogP contribution in [0.2, 0.25) is 0 Å². The van der Waals surface area contributed by atoms with E-state index in [1.165, 1.54) is 16.9 Å². The first-order valence-corrected chi connectivity index (χ1v) is 7.24. The molecule has 1 aromatic heterocycles. The molecule has 1 N–H and O–H groups in total. The van der Waals surface area contributed by atoms with Crippen LogP contribution in [-0.2, 0) is 19.6 Å². The highest BCUT2D eigenvalue weighted by Crippen LogP contribution is 2.24. The summed E-state index contributed by atoms with van der Waals surface area (Å²) >= 11 is 1.53. The van der Waals surface area contributed by atoms with Crippen LogP contribution in [0.5, 0.6) is 5.75 Å². The molecule has 0 aliphatic rings. The third kappa shape index (κ3) is 3.14. The number of nitrogens with zero attached hydrogens (tertiary/aromatic N) is 1. The molecule has 1 heterocycles. The molecule has 0 saturated carbocycles. The highest BCUT2D eigenvalue weighted by atomic mass is 32.1. The Labute approximate surface area is 117 Å². The smallest absolute Gasteiger partial charge is 0.140 e. The standard InChI is InChI=1S/C15H19NO2S/c1-4-12-14(8-17)19-15(16-12)9-18-13-7-5-6-10(2)11(13)3/h5-7,17H,4,8-9H2,1-3H3. The maximum Gasteiger partial charge on any atom is 0.140 e. The lowest BCUT2D eigenvalue weighted by Gasteiger charge is -2.09. The van der Waals surface area contributed by atoms with Gasteiger partial charge in [-0.15, -0.1) is 11.3 Å². The van der Waals surface area contributed by atoms with Gasteiger partial charge in [0.25, 0.3) is 0 Å². The molecule has 0 aliphatic carbocycles. The van der Waals surface area contributed by atoms with Crippen LogP contribution in [0.3, 0.4) is 0 Å². The van der Waals surface area contributed by atoms with Crippen LogP contribution >= 0.6 is 11.3 Å². The fraction of sp³-hybridized carbons (Fsp3) is 0.400. The van der Waals surface area contributed by atoms with Crippen molar-refractivity contribution in [3.05, 3.63) is 44.9 Å². The second-order valence-corrected chi connectivity index (χ2v) is 5.64. The Kier molecular flexibility index (Phi) is 4.56. The van der Waals surface area contributed by atoms with E-state index in [4.69, 9.17) is 4.74 Å². The molecule has 0 unspecified atom stereocenters. The van der Waals surface area contributed by atoms with E-state index >= 15 is 0 Å². The zero-order chi connectivity index (χ0) is 13.8. The van der Waals surface area contributed by atoms with Gasteiger partial charge in [0.1, 0.15) is 17.4 Å². The summed E-state index contributed by atoms with van der Waals surface area (Å²) in [6.45, 7) is 6.70. The summed E-state index contributed by atoms with van der Waals surface area (Å²) in [7, 11) is 0. The van der Waals surface area contributed by atoms with Crippen LogP contribution in [-0.4, -0.2) is 10.1 Å². The van der Waals surface area contributed by atoms with Crippen molar-refractivity contribution in [2.24, 2.45) is 0 Å². The maximum absolute atomic E-state index is 9.26. The van der Waals surface area contributed by atoms with Gasteiger partial charge in [0.15, 0.2) is 0 Å². The zero-order valence-electron chi connectivity index (χ0n) is 11.6. The molecule has 0 fully saturated rings. The monoisotopic (exact) mass is 277 g/mol. The number of benzene rings is 1. The lowest BCUT2D eigenvalue weighted by atomic mass is 10.1. The molecule has 2 rings (SSSR count). The number of rotatable bonds is 5. The first-order chi connectivity index (χ1) is 9.15. The first-order valence-electron chi connectivity index (χ1n) is 6.43. The van der Waals surface area contributed by atoms with E-state index in [1.807, 2.05) is 19.1 Å². The fourth-order valence-corrected chi connectivity index (χ4v) is 2.85. The van der Waals surface area contributed by atoms with Crippen LogP contribution in [0.25, 0.3) is 0 Å². The molecule has 0 saturated heterocycles. The van der Waals surface area contributed by atoms with E-state index in [2.05, 4.69) is 24.9 Å². The summed E-state index contributed by atoms with van der Waals surface area (Å²) < 4.78 is 5.83. The van der Waals surface area contributed by atoms with Gasteiger partial charge >= 0.3 is 0 Å². The van der Waals surface area contributed by atoms with Gasteiger partial charge in [-0.25, -0.2) is 4.98 Å². The minimum atomic E-state index is 0.0598. The Morgan fingerprint density at radius 3 is 2.74 bits per heavy atom. The Morgan fingerprint density at radius 1 is 1.32 bits per heavy atom. The van der Waals surface area contributed by atoms with Gasteiger partial charge in [0, 0.05) is 0 Å². The minimum absolute atomic E-state index is 0.0598. The zero-order valence-corrected chi connectivity index (χ0v) is 12.4. The number of hydrogen-bond acceptors (Lipinski definition) is 4. The number of aliphatic hydroxyl groups is 1. The molecular formula is C15H19NO2S. The topological polar surface area (TPSA) is 42.4 Å². The molecule has 0 spiro atoms. The predicted octanol–water partition coefficient (Wildman–Crippen LogP) is 3.39. The summed E-state index contributed by atoms with van der Waals surface area (Å²) in [6.07, 6.45) is 0.843. The molecule has 3 nitrogen and oxygen atoms in total.